The fourth-order valence-electron chi connectivity index (χ4n) is 6.46. The molecule has 0 spiro atoms. The Kier molecular flexibility index (Phi) is 7.72. The standard InChI is InChI=1S/C45H30N6/c1-3-12-31(13-4-1)43-47-44(32-14-5-2-6-15-32)49-45(48-43)38-21-11-19-36(30-38)34-17-9-16-33(28-34)35-18-10-20-37(29-35)42-40-22-7-8-23-41(40)51(50-42)39-24-26-46-27-25-39/h1-30H. The molecule has 9 aromatic rings. The second kappa shape index (κ2) is 13.1. The maximum Gasteiger partial charge on any atom is 0.164 e. The van der Waals surface area contributed by atoms with Crippen LogP contribution in [0.4, 0.5) is 0 Å². The van der Waals surface area contributed by atoms with E-state index in [0.717, 1.165) is 66.8 Å². The number of nitrogens with zero attached hydrogens (tertiary/aromatic N) is 6. The average Bonchev–Trinajstić information content (AvgIpc) is 3.62. The minimum atomic E-state index is 0.631. The van der Waals surface area contributed by atoms with Crippen molar-refractivity contribution >= 4 is 10.9 Å². The van der Waals surface area contributed by atoms with Crippen molar-refractivity contribution in [3.63, 3.8) is 0 Å². The molecule has 0 saturated heterocycles. The van der Waals surface area contributed by atoms with Gasteiger partial charge in [0.2, 0.25) is 0 Å². The second-order valence-corrected chi connectivity index (χ2v) is 12.3. The van der Waals surface area contributed by atoms with Crippen LogP contribution in [0.3, 0.4) is 0 Å². The summed E-state index contributed by atoms with van der Waals surface area (Å²) in [6.07, 6.45) is 3.59. The van der Waals surface area contributed by atoms with Gasteiger partial charge in [0.25, 0.3) is 0 Å². The molecular weight excluding hydrogens is 625 g/mol. The van der Waals surface area contributed by atoms with Crippen LogP contribution in [0, 0.1) is 0 Å². The number of fused-ring (bicyclic) bond motifs is 1. The van der Waals surface area contributed by atoms with Crippen LogP contribution < -0.4 is 0 Å². The van der Waals surface area contributed by atoms with Gasteiger partial charge in [-0.25, -0.2) is 19.6 Å². The Morgan fingerprint density at radius 1 is 0.353 bits per heavy atom. The van der Waals surface area contributed by atoms with Gasteiger partial charge in [-0.2, -0.15) is 5.10 Å². The number of rotatable bonds is 7. The Morgan fingerprint density at radius 2 is 0.784 bits per heavy atom. The Balaban J connectivity index is 1.08. The fraction of sp³-hybridized carbons (Fsp3) is 0. The quantitative estimate of drug-likeness (QED) is 0.171. The first kappa shape index (κ1) is 30.0. The van der Waals surface area contributed by atoms with Crippen molar-refractivity contribution in [2.24, 2.45) is 0 Å². The molecule has 0 aliphatic carbocycles. The fourth-order valence-corrected chi connectivity index (χ4v) is 6.46. The predicted molar refractivity (Wildman–Crippen MR) is 205 cm³/mol. The molecule has 0 N–H and O–H groups in total. The maximum absolute atomic E-state index is 5.09. The van der Waals surface area contributed by atoms with E-state index in [1.165, 1.54) is 0 Å². The second-order valence-electron chi connectivity index (χ2n) is 12.3. The smallest absolute Gasteiger partial charge is 0.164 e. The Bertz CT molecular complexity index is 2580. The molecular formula is C45H30N6. The van der Waals surface area contributed by atoms with E-state index in [2.05, 4.69) is 96.0 Å². The molecule has 9 rings (SSSR count). The van der Waals surface area contributed by atoms with Crippen molar-refractivity contribution in [2.45, 2.75) is 0 Å². The Hall–Kier alpha value is -7.05. The van der Waals surface area contributed by atoms with Crippen molar-refractivity contribution in [2.75, 3.05) is 0 Å². The highest BCUT2D eigenvalue weighted by Gasteiger charge is 2.15. The van der Waals surface area contributed by atoms with Crippen LogP contribution in [0.2, 0.25) is 0 Å². The normalized spacial score (nSPS) is 11.1. The largest absolute Gasteiger partial charge is 0.265 e. The first-order valence-corrected chi connectivity index (χ1v) is 16.8. The van der Waals surface area contributed by atoms with E-state index in [1.807, 2.05) is 83.5 Å². The monoisotopic (exact) mass is 654 g/mol. The first-order chi connectivity index (χ1) is 25.3. The summed E-state index contributed by atoms with van der Waals surface area (Å²) in [6.45, 7) is 0. The predicted octanol–water partition coefficient (Wildman–Crippen LogP) is 10.6. The highest BCUT2D eigenvalue weighted by molar-refractivity contribution is 5.95. The first-order valence-electron chi connectivity index (χ1n) is 16.8. The molecule has 6 aromatic carbocycles. The molecule has 0 radical (unpaired) electrons. The zero-order valence-corrected chi connectivity index (χ0v) is 27.5. The maximum atomic E-state index is 5.09. The zero-order valence-electron chi connectivity index (χ0n) is 27.5. The van der Waals surface area contributed by atoms with Crippen molar-refractivity contribution in [1.82, 2.24) is 29.7 Å². The van der Waals surface area contributed by atoms with Crippen molar-refractivity contribution in [3.05, 3.63) is 182 Å². The van der Waals surface area contributed by atoms with Gasteiger partial charge in [-0.05, 0) is 58.7 Å². The summed E-state index contributed by atoms with van der Waals surface area (Å²) in [4.78, 5) is 18.9. The third-order valence-corrected chi connectivity index (χ3v) is 8.98. The molecule has 0 aliphatic rings. The minimum Gasteiger partial charge on any atom is -0.265 e. The Morgan fingerprint density at radius 3 is 1.37 bits per heavy atom. The van der Waals surface area contributed by atoms with Gasteiger partial charge in [-0.15, -0.1) is 0 Å². The highest BCUT2D eigenvalue weighted by atomic mass is 15.3. The van der Waals surface area contributed by atoms with Crippen LogP contribution in [-0.4, -0.2) is 29.7 Å². The summed E-state index contributed by atoms with van der Waals surface area (Å²) < 4.78 is 1.99. The van der Waals surface area contributed by atoms with E-state index < -0.39 is 0 Å². The van der Waals surface area contributed by atoms with Crippen LogP contribution in [0.15, 0.2) is 182 Å². The molecule has 3 aromatic heterocycles. The molecule has 0 bridgehead atoms. The van der Waals surface area contributed by atoms with Crippen LogP contribution >= 0.6 is 0 Å². The molecule has 6 heteroatoms. The third kappa shape index (κ3) is 5.96. The molecule has 0 saturated carbocycles. The topological polar surface area (TPSA) is 69.4 Å². The lowest BCUT2D eigenvalue weighted by molar-refractivity contribution is 0.911. The third-order valence-electron chi connectivity index (χ3n) is 8.98. The van der Waals surface area contributed by atoms with Crippen LogP contribution in [-0.2, 0) is 0 Å². The molecule has 0 atom stereocenters. The van der Waals surface area contributed by atoms with Gasteiger partial charge in [0.05, 0.1) is 11.2 Å². The molecule has 240 valence electrons. The molecule has 3 heterocycles. The molecule has 6 nitrogen and oxygen atoms in total. The SMILES string of the molecule is c1ccc(-c2nc(-c3ccccc3)nc(-c3cccc(-c4cccc(-c5cccc(-c6nn(-c7ccncc7)c7ccccc67)c5)c4)c3)n2)cc1. The van der Waals surface area contributed by atoms with Gasteiger partial charge in [0, 0.05) is 40.0 Å². The molecule has 51 heavy (non-hydrogen) atoms. The lowest BCUT2D eigenvalue weighted by Gasteiger charge is -2.11. The summed E-state index contributed by atoms with van der Waals surface area (Å²) in [6, 6.07) is 58.1. The van der Waals surface area contributed by atoms with Gasteiger partial charge in [-0.3, -0.25) is 4.98 Å². The van der Waals surface area contributed by atoms with E-state index in [4.69, 9.17) is 20.1 Å². The summed E-state index contributed by atoms with van der Waals surface area (Å²) >= 11 is 0. The van der Waals surface area contributed by atoms with E-state index >= 15 is 0 Å². The molecule has 0 aliphatic heterocycles. The minimum absolute atomic E-state index is 0.631. The molecule has 0 fully saturated rings. The van der Waals surface area contributed by atoms with Gasteiger partial charge >= 0.3 is 0 Å². The molecule has 0 unspecified atom stereocenters. The van der Waals surface area contributed by atoms with Crippen LogP contribution in [0.5, 0.6) is 0 Å². The Labute approximate surface area is 295 Å². The van der Waals surface area contributed by atoms with Gasteiger partial charge in [0.1, 0.15) is 5.69 Å². The van der Waals surface area contributed by atoms with E-state index in [9.17, 15) is 0 Å². The number of para-hydroxylation sites is 1. The van der Waals surface area contributed by atoms with Gasteiger partial charge in [-0.1, -0.05) is 133 Å². The van der Waals surface area contributed by atoms with Crippen molar-refractivity contribution in [1.29, 1.82) is 0 Å². The summed E-state index contributed by atoms with van der Waals surface area (Å²) in [7, 11) is 0. The molecule has 0 amide bonds. The number of hydrogen-bond donors (Lipinski definition) is 0. The van der Waals surface area contributed by atoms with E-state index in [1.54, 1.807) is 12.4 Å². The average molecular weight is 655 g/mol. The number of aromatic nitrogens is 6. The summed E-state index contributed by atoms with van der Waals surface area (Å²) in [5.41, 5.74) is 11.3. The van der Waals surface area contributed by atoms with Crippen LogP contribution in [0.25, 0.3) is 84.3 Å². The zero-order chi connectivity index (χ0) is 34.0. The van der Waals surface area contributed by atoms with E-state index in [-0.39, 0.29) is 0 Å². The number of hydrogen-bond acceptors (Lipinski definition) is 5. The lowest BCUT2D eigenvalue weighted by Crippen LogP contribution is -2.00. The van der Waals surface area contributed by atoms with Crippen molar-refractivity contribution < 1.29 is 0 Å². The van der Waals surface area contributed by atoms with Gasteiger partial charge in [0.15, 0.2) is 17.5 Å². The lowest BCUT2D eigenvalue weighted by atomic mass is 9.96. The summed E-state index contributed by atoms with van der Waals surface area (Å²) in [5.74, 6) is 1.92. The van der Waals surface area contributed by atoms with Gasteiger partial charge < -0.3 is 0 Å². The number of pyridine rings is 1. The number of benzene rings is 6. The highest BCUT2D eigenvalue weighted by Crippen LogP contribution is 2.34. The van der Waals surface area contributed by atoms with E-state index in [0.29, 0.717) is 17.5 Å². The van der Waals surface area contributed by atoms with Crippen LogP contribution in [0.1, 0.15) is 0 Å². The summed E-state index contributed by atoms with van der Waals surface area (Å²) in [5, 5.41) is 6.19. The van der Waals surface area contributed by atoms with Crippen molar-refractivity contribution in [3.8, 4) is 73.4 Å².